The maximum atomic E-state index is 13.9. The third-order valence-electron chi connectivity index (χ3n) is 3.07. The minimum Gasteiger partial charge on any atom is -0.454 e. The van der Waals surface area contributed by atoms with Gasteiger partial charge in [-0.05, 0) is 36.2 Å². The van der Waals surface area contributed by atoms with Crippen LogP contribution in [0.25, 0.3) is 0 Å². The summed E-state index contributed by atoms with van der Waals surface area (Å²) < 4.78 is 24.3. The van der Waals surface area contributed by atoms with Crippen molar-refractivity contribution < 1.29 is 29.0 Å². The van der Waals surface area contributed by atoms with E-state index in [1.807, 2.05) is 0 Å². The Balaban J connectivity index is 2.09. The molecule has 1 aliphatic heterocycles. The summed E-state index contributed by atoms with van der Waals surface area (Å²) >= 11 is 5.89. The lowest BCUT2D eigenvalue weighted by atomic mass is 10.2. The fourth-order valence-corrected chi connectivity index (χ4v) is 2.22. The number of rotatable bonds is 6. The minimum absolute atomic E-state index is 0.119. The van der Waals surface area contributed by atoms with Crippen molar-refractivity contribution in [1.29, 1.82) is 0 Å². The van der Waals surface area contributed by atoms with Gasteiger partial charge >= 0.3 is 0 Å². The molecule has 0 saturated heterocycles. The number of carbonyl (C=O) groups excluding carboxylic acids is 1. The van der Waals surface area contributed by atoms with Crippen LogP contribution in [0.5, 0.6) is 11.5 Å². The second-order valence-corrected chi connectivity index (χ2v) is 4.99. The standard InChI is InChI=1S/C15H16ClFN2O4/c1-3-10(17)13(14(16)19-21-2)15(20)18-7-9-4-5-11-12(6-9)23-8-22-11/h3-6,19H,7-8H2,1-2H3,(H,18,20)/p+1/b10-3+,14-13+. The van der Waals surface area contributed by atoms with E-state index >= 15 is 0 Å². The lowest BCUT2D eigenvalue weighted by Crippen LogP contribution is -2.79. The molecule has 0 unspecified atom stereocenters. The van der Waals surface area contributed by atoms with Crippen LogP contribution in [-0.4, -0.2) is 19.8 Å². The molecule has 1 heterocycles. The van der Waals surface area contributed by atoms with E-state index in [0.717, 1.165) is 17.1 Å². The minimum atomic E-state index is -0.730. The fourth-order valence-electron chi connectivity index (χ4n) is 1.96. The number of nitrogens with one attached hydrogen (secondary N) is 1. The molecule has 1 aromatic carbocycles. The van der Waals surface area contributed by atoms with E-state index in [1.165, 1.54) is 14.0 Å². The summed E-state index contributed by atoms with van der Waals surface area (Å²) in [5.74, 6) is -0.112. The Morgan fingerprint density at radius 2 is 2.22 bits per heavy atom. The van der Waals surface area contributed by atoms with E-state index < -0.39 is 11.7 Å². The van der Waals surface area contributed by atoms with E-state index in [1.54, 1.807) is 18.2 Å². The number of quaternary nitrogens is 1. The monoisotopic (exact) mass is 343 g/mol. The van der Waals surface area contributed by atoms with E-state index in [9.17, 15) is 9.18 Å². The van der Waals surface area contributed by atoms with Gasteiger partial charge in [0.2, 0.25) is 11.9 Å². The number of amides is 1. The van der Waals surface area contributed by atoms with Gasteiger partial charge in [-0.1, -0.05) is 12.1 Å². The summed E-state index contributed by atoms with van der Waals surface area (Å²) in [6.07, 6.45) is 1.15. The summed E-state index contributed by atoms with van der Waals surface area (Å²) in [7, 11) is 1.36. The number of carbonyl (C=O) groups is 1. The first-order valence-corrected chi connectivity index (χ1v) is 7.19. The Morgan fingerprint density at radius 3 is 2.91 bits per heavy atom. The van der Waals surface area contributed by atoms with Crippen molar-refractivity contribution >= 4 is 17.5 Å². The molecule has 0 atom stereocenters. The first-order chi connectivity index (χ1) is 11.1. The predicted octanol–water partition coefficient (Wildman–Crippen LogP) is 1.48. The van der Waals surface area contributed by atoms with E-state index in [0.29, 0.717) is 11.5 Å². The molecule has 0 spiro atoms. The third-order valence-corrected chi connectivity index (χ3v) is 3.35. The Morgan fingerprint density at radius 1 is 1.48 bits per heavy atom. The number of benzene rings is 1. The van der Waals surface area contributed by atoms with Crippen LogP contribution in [0, 0.1) is 0 Å². The zero-order valence-electron chi connectivity index (χ0n) is 12.7. The number of hydrogen-bond acceptors (Lipinski definition) is 4. The number of halogens is 2. The average molecular weight is 344 g/mol. The average Bonchev–Trinajstić information content (AvgIpc) is 3.00. The SMILES string of the molecule is C/C=C(F)\C(C(=O)NCc1ccc2c(c1)OCO2)=C(\Cl)[NH2+]OC. The largest absolute Gasteiger partial charge is 0.454 e. The van der Waals surface area contributed by atoms with Gasteiger partial charge in [0.25, 0.3) is 5.91 Å². The molecule has 1 amide bonds. The van der Waals surface area contributed by atoms with Gasteiger partial charge in [-0.25, -0.2) is 9.23 Å². The van der Waals surface area contributed by atoms with E-state index in [4.69, 9.17) is 25.9 Å². The third kappa shape index (κ3) is 4.22. The van der Waals surface area contributed by atoms with Gasteiger partial charge in [0.1, 0.15) is 5.83 Å². The zero-order valence-corrected chi connectivity index (χ0v) is 13.4. The normalized spacial score (nSPS) is 14.5. The van der Waals surface area contributed by atoms with Crippen LogP contribution in [0.4, 0.5) is 4.39 Å². The Bertz CT molecular complexity index is 661. The van der Waals surface area contributed by atoms with Crippen molar-refractivity contribution in [1.82, 2.24) is 5.32 Å². The highest BCUT2D eigenvalue weighted by atomic mass is 35.5. The van der Waals surface area contributed by atoms with Crippen molar-refractivity contribution in [2.45, 2.75) is 13.5 Å². The summed E-state index contributed by atoms with van der Waals surface area (Å²) in [5, 5.41) is 2.49. The van der Waals surface area contributed by atoms with Gasteiger partial charge < -0.3 is 14.8 Å². The quantitative estimate of drug-likeness (QED) is 0.355. The van der Waals surface area contributed by atoms with Crippen molar-refractivity contribution in [3.05, 3.63) is 46.4 Å². The summed E-state index contributed by atoms with van der Waals surface area (Å²) in [6, 6.07) is 5.28. The number of ether oxygens (including phenoxy) is 2. The van der Waals surface area contributed by atoms with Gasteiger partial charge in [-0.15, -0.1) is 0 Å². The molecular formula is C15H17ClFN2O4+. The van der Waals surface area contributed by atoms with Crippen LogP contribution in [0.3, 0.4) is 0 Å². The fraction of sp³-hybridized carbons (Fsp3) is 0.267. The smallest absolute Gasteiger partial charge is 0.261 e. The van der Waals surface area contributed by atoms with Gasteiger partial charge in [0, 0.05) is 6.54 Å². The van der Waals surface area contributed by atoms with Crippen molar-refractivity contribution in [2.24, 2.45) is 0 Å². The maximum Gasteiger partial charge on any atom is 0.261 e. The molecule has 1 aliphatic rings. The lowest BCUT2D eigenvalue weighted by molar-refractivity contribution is -0.848. The van der Waals surface area contributed by atoms with Crippen LogP contribution in [0.2, 0.25) is 0 Å². The maximum absolute atomic E-state index is 13.9. The van der Waals surface area contributed by atoms with E-state index in [2.05, 4.69) is 5.32 Å². The molecule has 2 rings (SSSR count). The molecule has 124 valence electrons. The number of hydroxylamine groups is 1. The van der Waals surface area contributed by atoms with Crippen LogP contribution in [0.15, 0.2) is 40.8 Å². The highest BCUT2D eigenvalue weighted by molar-refractivity contribution is 6.30. The number of fused-ring (bicyclic) bond motifs is 1. The van der Waals surface area contributed by atoms with Crippen LogP contribution >= 0.6 is 11.6 Å². The summed E-state index contributed by atoms with van der Waals surface area (Å²) in [6.45, 7) is 1.83. The lowest BCUT2D eigenvalue weighted by Gasteiger charge is -2.08. The summed E-state index contributed by atoms with van der Waals surface area (Å²) in [5.41, 5.74) is 1.60. The predicted molar refractivity (Wildman–Crippen MR) is 81.1 cm³/mol. The molecule has 8 heteroatoms. The molecule has 0 aromatic heterocycles. The first-order valence-electron chi connectivity index (χ1n) is 6.81. The highest BCUT2D eigenvalue weighted by Gasteiger charge is 2.22. The molecule has 0 saturated carbocycles. The van der Waals surface area contributed by atoms with Gasteiger partial charge in [-0.2, -0.15) is 5.48 Å². The Kier molecular flexibility index (Phi) is 5.97. The van der Waals surface area contributed by atoms with Gasteiger partial charge in [0.05, 0.1) is 7.11 Å². The topological polar surface area (TPSA) is 73.4 Å². The molecule has 3 N–H and O–H groups in total. The molecule has 0 bridgehead atoms. The number of allylic oxidation sites excluding steroid dienone is 1. The Labute approximate surface area is 137 Å². The first kappa shape index (κ1) is 17.3. The zero-order chi connectivity index (χ0) is 16.8. The van der Waals surface area contributed by atoms with Crippen molar-refractivity contribution in [2.75, 3.05) is 13.9 Å². The number of hydrogen-bond donors (Lipinski definition) is 2. The van der Waals surface area contributed by atoms with E-state index in [-0.39, 0.29) is 24.1 Å². The Hall–Kier alpha value is -2.09. The molecule has 6 nitrogen and oxygen atoms in total. The number of nitrogens with two attached hydrogens (primary N) is 1. The summed E-state index contributed by atoms with van der Waals surface area (Å²) in [4.78, 5) is 16.9. The molecular weight excluding hydrogens is 327 g/mol. The van der Waals surface area contributed by atoms with Crippen molar-refractivity contribution in [3.63, 3.8) is 0 Å². The van der Waals surface area contributed by atoms with Gasteiger partial charge in [-0.3, -0.25) is 4.79 Å². The second-order valence-electron chi connectivity index (χ2n) is 4.58. The molecule has 0 fully saturated rings. The molecule has 0 aliphatic carbocycles. The van der Waals surface area contributed by atoms with Gasteiger partial charge in [0.15, 0.2) is 17.1 Å². The highest BCUT2D eigenvalue weighted by Crippen LogP contribution is 2.32. The van der Waals surface area contributed by atoms with Crippen LogP contribution in [-0.2, 0) is 16.2 Å². The van der Waals surface area contributed by atoms with Crippen molar-refractivity contribution in [3.8, 4) is 11.5 Å². The van der Waals surface area contributed by atoms with Crippen LogP contribution < -0.4 is 20.3 Å². The van der Waals surface area contributed by atoms with Crippen LogP contribution in [0.1, 0.15) is 12.5 Å². The molecule has 23 heavy (non-hydrogen) atoms. The molecule has 0 radical (unpaired) electrons. The molecule has 1 aromatic rings. The second kappa shape index (κ2) is 7.96.